The smallest absolute Gasteiger partial charge is 0.257 e. The van der Waals surface area contributed by atoms with E-state index in [0.717, 1.165) is 47.5 Å². The van der Waals surface area contributed by atoms with E-state index in [9.17, 15) is 9.18 Å². The lowest BCUT2D eigenvalue weighted by atomic mass is 10.0. The monoisotopic (exact) mass is 302 g/mol. The van der Waals surface area contributed by atoms with Crippen molar-refractivity contribution in [1.82, 2.24) is 4.90 Å². The van der Waals surface area contributed by atoms with E-state index in [0.29, 0.717) is 17.0 Å². The number of hydrogen-bond acceptors (Lipinski definition) is 3. The molecule has 1 fully saturated rings. The van der Waals surface area contributed by atoms with Crippen LogP contribution in [0.4, 0.5) is 9.39 Å². The Balaban J connectivity index is 1.84. The number of likely N-dealkylation sites (tertiary alicyclic amines) is 1. The summed E-state index contributed by atoms with van der Waals surface area (Å²) in [5.41, 5.74) is 9.58. The number of anilines is 1. The topological polar surface area (TPSA) is 46.3 Å². The van der Waals surface area contributed by atoms with Crippen molar-refractivity contribution in [3.8, 4) is 11.1 Å². The molecule has 0 unspecified atom stereocenters. The summed E-state index contributed by atoms with van der Waals surface area (Å²) < 4.78 is 13.4. The van der Waals surface area contributed by atoms with Gasteiger partial charge in [0.25, 0.3) is 5.91 Å². The molecule has 2 N–H and O–H groups in total. The van der Waals surface area contributed by atoms with Crippen LogP contribution in [0.5, 0.6) is 0 Å². The first-order chi connectivity index (χ1) is 10.1. The Morgan fingerprint density at radius 3 is 2.81 bits per heavy atom. The fourth-order valence-corrected chi connectivity index (χ4v) is 4.42. The summed E-state index contributed by atoms with van der Waals surface area (Å²) >= 11 is 1.46. The van der Waals surface area contributed by atoms with Crippen LogP contribution in [0.3, 0.4) is 0 Å². The number of carbonyl (C=O) groups is 1. The number of nitrogens with zero attached hydrogens (tertiary/aromatic N) is 1. The number of amides is 1. The molecule has 3 nitrogen and oxygen atoms in total. The average molecular weight is 302 g/mol. The van der Waals surface area contributed by atoms with Crippen molar-refractivity contribution in [3.63, 3.8) is 0 Å². The SMILES string of the molecule is Nc1sc2c(c1C(=O)N1CCCC1)-c1ccc(F)cc1C2. The second-order valence-electron chi connectivity index (χ2n) is 5.62. The van der Waals surface area contributed by atoms with Crippen molar-refractivity contribution in [2.75, 3.05) is 18.8 Å². The van der Waals surface area contributed by atoms with Gasteiger partial charge in [0.15, 0.2) is 0 Å². The van der Waals surface area contributed by atoms with E-state index in [4.69, 9.17) is 5.73 Å². The van der Waals surface area contributed by atoms with E-state index in [2.05, 4.69) is 0 Å². The van der Waals surface area contributed by atoms with Crippen LogP contribution in [-0.4, -0.2) is 23.9 Å². The maximum Gasteiger partial charge on any atom is 0.257 e. The number of hydrogen-bond donors (Lipinski definition) is 1. The minimum absolute atomic E-state index is 0.0275. The van der Waals surface area contributed by atoms with Crippen LogP contribution in [0.2, 0.25) is 0 Å². The number of fused-ring (bicyclic) bond motifs is 3. The summed E-state index contributed by atoms with van der Waals surface area (Å²) in [6, 6.07) is 4.78. The van der Waals surface area contributed by atoms with Crippen LogP contribution in [0.1, 0.15) is 33.6 Å². The number of benzene rings is 1. The Hall–Kier alpha value is -1.88. The molecule has 2 aliphatic rings. The summed E-state index contributed by atoms with van der Waals surface area (Å²) in [5.74, 6) is -0.205. The quantitative estimate of drug-likeness (QED) is 0.750. The summed E-state index contributed by atoms with van der Waals surface area (Å²) in [4.78, 5) is 15.7. The zero-order chi connectivity index (χ0) is 14.6. The maximum absolute atomic E-state index is 13.4. The highest BCUT2D eigenvalue weighted by molar-refractivity contribution is 7.17. The second-order valence-corrected chi connectivity index (χ2v) is 6.75. The molecule has 2 aromatic rings. The van der Waals surface area contributed by atoms with E-state index in [1.165, 1.54) is 17.4 Å². The molecule has 1 aromatic heterocycles. The van der Waals surface area contributed by atoms with Gasteiger partial charge in [-0.3, -0.25) is 4.79 Å². The molecule has 0 bridgehead atoms. The Bertz CT molecular complexity index is 747. The molecular weight excluding hydrogens is 287 g/mol. The first kappa shape index (κ1) is 12.8. The number of rotatable bonds is 1. The van der Waals surface area contributed by atoms with E-state index in [1.807, 2.05) is 4.90 Å². The van der Waals surface area contributed by atoms with Crippen molar-refractivity contribution >= 4 is 22.2 Å². The molecule has 0 atom stereocenters. The molecule has 21 heavy (non-hydrogen) atoms. The van der Waals surface area contributed by atoms with Gasteiger partial charge in [-0.25, -0.2) is 4.39 Å². The molecule has 1 amide bonds. The van der Waals surface area contributed by atoms with Gasteiger partial charge in [-0.15, -0.1) is 11.3 Å². The zero-order valence-electron chi connectivity index (χ0n) is 11.5. The molecule has 1 saturated heterocycles. The standard InChI is InChI=1S/C16H15FN2OS/c17-10-3-4-11-9(7-10)8-12-13(11)14(15(18)21-12)16(20)19-5-1-2-6-19/h3-4,7H,1-2,5-6,8,18H2. The van der Waals surface area contributed by atoms with Crippen LogP contribution in [0, 0.1) is 5.82 Å². The predicted molar refractivity (Wildman–Crippen MR) is 82.1 cm³/mol. The lowest BCUT2D eigenvalue weighted by Crippen LogP contribution is -2.28. The number of halogens is 1. The van der Waals surface area contributed by atoms with Crippen LogP contribution >= 0.6 is 11.3 Å². The van der Waals surface area contributed by atoms with Gasteiger partial charge in [0.2, 0.25) is 0 Å². The number of thiophene rings is 1. The zero-order valence-corrected chi connectivity index (χ0v) is 12.3. The molecule has 2 heterocycles. The largest absolute Gasteiger partial charge is 0.390 e. The Morgan fingerprint density at radius 2 is 2.05 bits per heavy atom. The third-order valence-corrected chi connectivity index (χ3v) is 5.32. The third-order valence-electron chi connectivity index (χ3n) is 4.30. The van der Waals surface area contributed by atoms with Gasteiger partial charge < -0.3 is 10.6 Å². The second kappa shape index (κ2) is 4.56. The molecule has 5 heteroatoms. The molecule has 1 aliphatic carbocycles. The fraction of sp³-hybridized carbons (Fsp3) is 0.312. The Morgan fingerprint density at radius 1 is 1.29 bits per heavy atom. The minimum atomic E-state index is -0.232. The third kappa shape index (κ3) is 1.87. The highest BCUT2D eigenvalue weighted by Gasteiger charge is 2.32. The summed E-state index contributed by atoms with van der Waals surface area (Å²) in [6.07, 6.45) is 2.78. The van der Waals surface area contributed by atoms with Crippen molar-refractivity contribution in [3.05, 3.63) is 40.0 Å². The van der Waals surface area contributed by atoms with Crippen LogP contribution in [0.15, 0.2) is 18.2 Å². The van der Waals surface area contributed by atoms with Gasteiger partial charge in [-0.1, -0.05) is 6.07 Å². The highest BCUT2D eigenvalue weighted by atomic mass is 32.1. The molecular formula is C16H15FN2OS. The first-order valence-corrected chi connectivity index (χ1v) is 7.96. The van der Waals surface area contributed by atoms with Gasteiger partial charge in [-0.05, 0) is 36.1 Å². The maximum atomic E-state index is 13.4. The van der Waals surface area contributed by atoms with Crippen molar-refractivity contribution in [1.29, 1.82) is 0 Å². The van der Waals surface area contributed by atoms with Gasteiger partial charge in [0, 0.05) is 30.0 Å². The first-order valence-electron chi connectivity index (χ1n) is 7.14. The fourth-order valence-electron chi connectivity index (χ4n) is 3.32. The van der Waals surface area contributed by atoms with E-state index in [1.54, 1.807) is 12.1 Å². The molecule has 0 radical (unpaired) electrons. The lowest BCUT2D eigenvalue weighted by Gasteiger charge is -2.16. The van der Waals surface area contributed by atoms with E-state index >= 15 is 0 Å². The van der Waals surface area contributed by atoms with Gasteiger partial charge in [-0.2, -0.15) is 0 Å². The van der Waals surface area contributed by atoms with Crippen LogP contribution in [-0.2, 0) is 6.42 Å². The van der Waals surface area contributed by atoms with Gasteiger partial charge in [0.1, 0.15) is 5.82 Å². The Labute approximate surface area is 126 Å². The van der Waals surface area contributed by atoms with Crippen molar-refractivity contribution in [2.24, 2.45) is 0 Å². The molecule has 4 rings (SSSR count). The van der Waals surface area contributed by atoms with Crippen molar-refractivity contribution in [2.45, 2.75) is 19.3 Å². The van der Waals surface area contributed by atoms with Gasteiger partial charge >= 0.3 is 0 Å². The van der Waals surface area contributed by atoms with Crippen LogP contribution < -0.4 is 5.73 Å². The molecule has 1 aromatic carbocycles. The predicted octanol–water partition coefficient (Wildman–Crippen LogP) is 3.28. The van der Waals surface area contributed by atoms with E-state index in [-0.39, 0.29) is 11.7 Å². The minimum Gasteiger partial charge on any atom is -0.390 e. The average Bonchev–Trinajstić information content (AvgIpc) is 3.12. The van der Waals surface area contributed by atoms with Crippen molar-refractivity contribution < 1.29 is 9.18 Å². The number of nitrogens with two attached hydrogens (primary N) is 1. The summed E-state index contributed by atoms with van der Waals surface area (Å²) in [7, 11) is 0. The number of carbonyl (C=O) groups excluding carboxylic acids is 1. The summed E-state index contributed by atoms with van der Waals surface area (Å²) in [6.45, 7) is 1.61. The van der Waals surface area contributed by atoms with E-state index < -0.39 is 0 Å². The number of nitrogen functional groups attached to an aromatic ring is 1. The molecule has 1 aliphatic heterocycles. The Kier molecular flexibility index (Phi) is 2.79. The molecule has 108 valence electrons. The van der Waals surface area contributed by atoms with Gasteiger partial charge in [0.05, 0.1) is 10.6 Å². The van der Waals surface area contributed by atoms with Crippen LogP contribution in [0.25, 0.3) is 11.1 Å². The molecule has 0 saturated carbocycles. The molecule has 0 spiro atoms. The normalized spacial score (nSPS) is 16.1. The lowest BCUT2D eigenvalue weighted by molar-refractivity contribution is 0.0795. The highest BCUT2D eigenvalue weighted by Crippen LogP contribution is 2.47. The summed E-state index contributed by atoms with van der Waals surface area (Å²) in [5, 5.41) is 0.590.